The summed E-state index contributed by atoms with van der Waals surface area (Å²) in [6, 6.07) is 116. The molecule has 0 bridgehead atoms. The van der Waals surface area contributed by atoms with Gasteiger partial charge in [-0.3, -0.25) is 0 Å². The first-order valence-electron chi connectivity index (χ1n) is 28.3. The maximum absolute atomic E-state index is 4.52. The quantitative estimate of drug-likeness (QED) is 0.0668. The molecule has 12 aromatic rings. The van der Waals surface area contributed by atoms with Crippen molar-refractivity contribution in [3.8, 4) is 0 Å². The average Bonchev–Trinajstić information content (AvgIpc) is 3.65. The Bertz CT molecular complexity index is 3730. The molecule has 0 atom stereocenters. The van der Waals surface area contributed by atoms with Gasteiger partial charge in [-0.25, -0.2) is 0 Å². The summed E-state index contributed by atoms with van der Waals surface area (Å²) in [6.45, 7) is 0. The van der Waals surface area contributed by atoms with Crippen LogP contribution in [0, 0.1) is 0 Å². The Hall–Kier alpha value is -7.68. The van der Waals surface area contributed by atoms with Crippen LogP contribution in [0.2, 0.25) is 0 Å². The Morgan fingerprint density at radius 3 is 0.529 bits per heavy atom. The topological polar surface area (TPSA) is 0 Å². The van der Waals surface area contributed by atoms with Gasteiger partial charge in [0.15, 0.2) is 0 Å². The predicted molar refractivity (Wildman–Crippen MR) is 380 cm³/mol. The van der Waals surface area contributed by atoms with Crippen molar-refractivity contribution in [1.29, 1.82) is 0 Å². The molecule has 0 aliphatic rings. The molecule has 0 saturated carbocycles. The number of rotatable bonds is 16. The molecule has 0 saturated heterocycles. The fraction of sp³-hybridized carbons (Fsp3) is 0. The molecule has 0 amide bonds. The molecule has 12 rings (SSSR count). The minimum atomic E-state index is -4.52. The summed E-state index contributed by atoms with van der Waals surface area (Å²) >= 11 is 10.2. The van der Waals surface area contributed by atoms with Crippen LogP contribution in [0.25, 0.3) is 46.6 Å². The van der Waals surface area contributed by atoms with Gasteiger partial charge in [0, 0.05) is 0 Å². The van der Waals surface area contributed by atoms with Gasteiger partial charge in [0.2, 0.25) is 0 Å². The van der Waals surface area contributed by atoms with E-state index in [2.05, 4.69) is 403 Å². The summed E-state index contributed by atoms with van der Waals surface area (Å²) in [5, 5.41) is 0. The molecule has 0 spiro atoms. The summed E-state index contributed by atoms with van der Waals surface area (Å²) in [7, 11) is 0. The summed E-state index contributed by atoms with van der Waals surface area (Å²) in [6.07, 6.45) is 9.25. The number of hydrogen-bond acceptors (Lipinski definition) is 0. The molecule has 0 unspecified atom stereocenters. The SMILES string of the molecule is Brc1ccc(C=C(c2ccccc2)c2cc[c]([Sn]([c]3ccc(C(=Cc4ccc(Br)cc4)c4ccccc4)cc3)([c]3ccc(C(=Cc4ccc(Br)cc4)c4ccccc4)cc3)[c]3ccc(C(=Cc4ccc(Br)cc4)c4ccccc4)cc3)cc2)cc1. The van der Waals surface area contributed by atoms with E-state index in [1.54, 1.807) is 0 Å². The van der Waals surface area contributed by atoms with E-state index in [1.807, 2.05) is 0 Å². The predicted octanol–water partition coefficient (Wildman–Crippen LogP) is 20.5. The van der Waals surface area contributed by atoms with Crippen molar-refractivity contribution in [2.45, 2.75) is 0 Å². The van der Waals surface area contributed by atoms with Crippen LogP contribution in [0.4, 0.5) is 0 Å². The van der Waals surface area contributed by atoms with Gasteiger partial charge in [-0.2, -0.15) is 0 Å². The third kappa shape index (κ3) is 13.6. The molecule has 0 nitrogen and oxygen atoms in total. The Kier molecular flexibility index (Phi) is 18.4. The number of benzene rings is 12. The van der Waals surface area contributed by atoms with Crippen LogP contribution in [0.5, 0.6) is 0 Å². The Morgan fingerprint density at radius 1 is 0.188 bits per heavy atom. The summed E-state index contributed by atoms with van der Waals surface area (Å²) in [5.74, 6) is 0. The molecule has 5 heteroatoms. The van der Waals surface area contributed by atoms with Crippen molar-refractivity contribution in [1.82, 2.24) is 0 Å². The molecule has 0 radical (unpaired) electrons. The van der Waals surface area contributed by atoms with Crippen molar-refractivity contribution in [3.05, 3.63) is 400 Å². The summed E-state index contributed by atoms with van der Waals surface area (Å²) < 4.78 is 9.60. The molecule has 85 heavy (non-hydrogen) atoms. The van der Waals surface area contributed by atoms with Crippen molar-refractivity contribution in [2.24, 2.45) is 0 Å². The molecule has 0 aliphatic heterocycles. The number of halogens is 4. The molecule has 0 fully saturated rings. The molecule has 0 aliphatic carbocycles. The van der Waals surface area contributed by atoms with E-state index < -0.39 is 18.4 Å². The molecule has 0 heterocycles. The third-order valence-corrected chi connectivity index (χ3v) is 31.4. The first-order valence-corrected chi connectivity index (χ1v) is 37.2. The van der Waals surface area contributed by atoms with Crippen molar-refractivity contribution in [3.63, 3.8) is 0 Å². The van der Waals surface area contributed by atoms with Gasteiger partial charge in [-0.1, -0.05) is 0 Å². The first-order chi connectivity index (χ1) is 41.7. The van der Waals surface area contributed by atoms with E-state index in [4.69, 9.17) is 0 Å². The minimum absolute atomic E-state index is 1.05. The molecule has 0 aromatic heterocycles. The third-order valence-electron chi connectivity index (χ3n) is 15.6. The Morgan fingerprint density at radius 2 is 0.353 bits per heavy atom. The van der Waals surface area contributed by atoms with Gasteiger partial charge < -0.3 is 0 Å². The summed E-state index contributed by atoms with van der Waals surface area (Å²) in [4.78, 5) is 0. The Balaban J connectivity index is 1.09. The molecular formula is C80H56Br4Sn. The zero-order valence-corrected chi connectivity index (χ0v) is 55.5. The van der Waals surface area contributed by atoms with Crippen molar-refractivity contribution < 1.29 is 0 Å². The maximum atomic E-state index is 3.67. The second-order valence-electron chi connectivity index (χ2n) is 21.0. The molecule has 0 N–H and O–H groups in total. The van der Waals surface area contributed by atoms with Gasteiger partial charge in [0.1, 0.15) is 0 Å². The fourth-order valence-electron chi connectivity index (χ4n) is 11.3. The van der Waals surface area contributed by atoms with Gasteiger partial charge >= 0.3 is 543 Å². The monoisotopic (exact) mass is 1450 g/mol. The zero-order valence-electron chi connectivity index (χ0n) is 46.3. The zero-order chi connectivity index (χ0) is 58.0. The van der Waals surface area contributed by atoms with E-state index >= 15 is 0 Å². The second kappa shape index (κ2) is 27.1. The number of hydrogen-bond donors (Lipinski definition) is 0. The van der Waals surface area contributed by atoms with E-state index in [0.29, 0.717) is 0 Å². The van der Waals surface area contributed by atoms with Crippen LogP contribution in [-0.2, 0) is 0 Å². The van der Waals surface area contributed by atoms with Crippen molar-refractivity contribution in [2.75, 3.05) is 0 Å². The standard InChI is InChI=1S/4C20H14Br.Sn/c4*21-19-13-11-16(12-14-19)15-20(17-7-3-1-4-8-17)18-9-5-2-6-10-18;/h4*1,3-15H;. The van der Waals surface area contributed by atoms with Crippen LogP contribution in [-0.4, -0.2) is 18.4 Å². The van der Waals surface area contributed by atoms with Crippen molar-refractivity contribution >= 4 is 143 Å². The van der Waals surface area contributed by atoms with E-state index in [9.17, 15) is 0 Å². The van der Waals surface area contributed by atoms with Crippen LogP contribution < -0.4 is 14.3 Å². The Labute approximate surface area is 537 Å². The van der Waals surface area contributed by atoms with E-state index in [-0.39, 0.29) is 0 Å². The van der Waals surface area contributed by atoms with Gasteiger partial charge in [-0.15, -0.1) is 0 Å². The van der Waals surface area contributed by atoms with Crippen LogP contribution in [0.1, 0.15) is 66.8 Å². The van der Waals surface area contributed by atoms with Gasteiger partial charge in [-0.05, 0) is 0 Å². The van der Waals surface area contributed by atoms with Crippen LogP contribution >= 0.6 is 63.7 Å². The van der Waals surface area contributed by atoms with Crippen LogP contribution in [0.3, 0.4) is 0 Å². The normalized spacial score (nSPS) is 12.8. The van der Waals surface area contributed by atoms with E-state index in [0.717, 1.165) is 107 Å². The molecule has 408 valence electrons. The van der Waals surface area contributed by atoms with Crippen LogP contribution in [0.15, 0.2) is 333 Å². The second-order valence-corrected chi connectivity index (χ2v) is 35.5. The van der Waals surface area contributed by atoms with Gasteiger partial charge in [0.05, 0.1) is 0 Å². The molecule has 12 aromatic carbocycles. The first kappa shape index (κ1) is 57.7. The summed E-state index contributed by atoms with van der Waals surface area (Å²) in [5.41, 5.74) is 18.5. The van der Waals surface area contributed by atoms with Gasteiger partial charge in [0.25, 0.3) is 0 Å². The molecular weight excluding hydrogens is 1400 g/mol. The fourth-order valence-corrected chi connectivity index (χ4v) is 25.7. The van der Waals surface area contributed by atoms with E-state index in [1.165, 1.54) is 14.3 Å². The average molecular weight is 1460 g/mol.